The number of hydrogen-bond donors (Lipinski definition) is 2. The largest absolute Gasteiger partial charge is 0.490 e. The van der Waals surface area contributed by atoms with Gasteiger partial charge in [0.2, 0.25) is 10.0 Å². The summed E-state index contributed by atoms with van der Waals surface area (Å²) in [7, 11) is -3.87. The van der Waals surface area contributed by atoms with E-state index in [0.29, 0.717) is 49.6 Å². The van der Waals surface area contributed by atoms with Gasteiger partial charge in [0.05, 0.1) is 23.6 Å². The van der Waals surface area contributed by atoms with Gasteiger partial charge in [-0.05, 0) is 105 Å². The fourth-order valence-electron chi connectivity index (χ4n) is 7.32. The van der Waals surface area contributed by atoms with Crippen molar-refractivity contribution in [2.45, 2.75) is 75.1 Å². The monoisotopic (exact) mass is 598 g/mol. The van der Waals surface area contributed by atoms with Crippen LogP contribution in [0.1, 0.15) is 73.4 Å². The summed E-state index contributed by atoms with van der Waals surface area (Å²) in [5, 5.41) is 11.1. The molecule has 4 aliphatic rings. The summed E-state index contributed by atoms with van der Waals surface area (Å²) < 4.78 is 35.1. The molecule has 9 heteroatoms. The Bertz CT molecular complexity index is 1460. The molecular weight excluding hydrogens is 560 g/mol. The molecule has 41 heavy (non-hydrogen) atoms. The number of carbonyl (C=O) groups excluding carboxylic acids is 1. The Hall–Kier alpha value is -2.55. The highest BCUT2D eigenvalue weighted by Gasteiger charge is 2.44. The molecule has 2 N–H and O–H groups in total. The zero-order valence-corrected chi connectivity index (χ0v) is 25.1. The van der Waals surface area contributed by atoms with Crippen molar-refractivity contribution in [3.05, 3.63) is 70.3 Å². The molecule has 1 fully saturated rings. The minimum absolute atomic E-state index is 0.136. The number of allylic oxidation sites excluding steroid dienone is 1. The Morgan fingerprint density at radius 1 is 1.17 bits per heavy atom. The van der Waals surface area contributed by atoms with E-state index < -0.39 is 27.3 Å². The van der Waals surface area contributed by atoms with Crippen LogP contribution in [-0.4, -0.2) is 50.5 Å². The summed E-state index contributed by atoms with van der Waals surface area (Å²) in [5.41, 5.74) is 3.35. The number of carbonyl (C=O) groups is 1. The Kier molecular flexibility index (Phi) is 7.85. The maximum atomic E-state index is 13.3. The van der Waals surface area contributed by atoms with Gasteiger partial charge in [0.25, 0.3) is 5.91 Å². The van der Waals surface area contributed by atoms with Crippen LogP contribution in [0.25, 0.3) is 0 Å². The zero-order chi connectivity index (χ0) is 28.8. The maximum absolute atomic E-state index is 13.3. The van der Waals surface area contributed by atoms with Crippen molar-refractivity contribution in [3.8, 4) is 5.75 Å². The van der Waals surface area contributed by atoms with Crippen molar-refractivity contribution in [2.75, 3.05) is 24.6 Å². The maximum Gasteiger partial charge on any atom is 0.264 e. The lowest BCUT2D eigenvalue weighted by molar-refractivity contribution is 0.0456. The van der Waals surface area contributed by atoms with Gasteiger partial charge in [-0.25, -0.2) is 13.1 Å². The van der Waals surface area contributed by atoms with Crippen LogP contribution in [0.15, 0.2) is 48.6 Å². The van der Waals surface area contributed by atoms with E-state index in [1.54, 1.807) is 18.2 Å². The first-order valence-corrected chi connectivity index (χ1v) is 16.8. The Balaban J connectivity index is 1.42. The fourth-order valence-corrected chi connectivity index (χ4v) is 8.94. The Morgan fingerprint density at radius 2 is 2.02 bits per heavy atom. The van der Waals surface area contributed by atoms with Gasteiger partial charge in [0, 0.05) is 29.1 Å². The number of rotatable bonds is 1. The number of sulfonamides is 1. The zero-order valence-electron chi connectivity index (χ0n) is 23.5. The van der Waals surface area contributed by atoms with E-state index in [2.05, 4.69) is 21.8 Å². The molecule has 2 aromatic carbocycles. The van der Waals surface area contributed by atoms with E-state index in [1.807, 2.05) is 25.1 Å². The van der Waals surface area contributed by atoms with Gasteiger partial charge >= 0.3 is 0 Å². The second-order valence-electron chi connectivity index (χ2n) is 12.3. The number of nitrogens with zero attached hydrogens (tertiary/aromatic N) is 1. The molecule has 6 rings (SSSR count). The topological polar surface area (TPSA) is 95.9 Å². The third-order valence-electron chi connectivity index (χ3n) is 9.79. The van der Waals surface area contributed by atoms with Gasteiger partial charge in [0.1, 0.15) is 5.75 Å². The van der Waals surface area contributed by atoms with Crippen molar-refractivity contribution in [1.29, 1.82) is 0 Å². The van der Waals surface area contributed by atoms with Crippen LogP contribution in [0.3, 0.4) is 0 Å². The van der Waals surface area contributed by atoms with E-state index >= 15 is 0 Å². The molecular formula is C32H39ClN2O5S. The molecule has 1 amide bonds. The summed E-state index contributed by atoms with van der Waals surface area (Å²) in [6.07, 6.45) is 9.41. The number of aliphatic hydroxyl groups is 1. The standard InChI is InChI=1S/C32H39ClN2O5S/c1-2-25-7-3-4-8-29(36)26-12-9-23(26)18-35-19-32(15-5-6-21-16-24(33)11-13-27(21)32)20-40-30-14-10-22(17-28(30)35)31(37)34-41(25,38)39/h4,8,10-11,13-14,16-17,23,25-26,29,36H,2-3,5-7,9,12,15,18-20H2,1H3,(H,34,37)/b8-4+/t23-,25+,26+,29-,32-/m0/s1. The Morgan fingerprint density at radius 3 is 2.80 bits per heavy atom. The summed E-state index contributed by atoms with van der Waals surface area (Å²) in [6, 6.07) is 11.4. The SMILES string of the molecule is CC[C@@H]1CC/C=C/[C@H](O)[C@@H]2CC[C@H]2CN2C[C@@]3(CCCc4cc(Cl)ccc43)COc3ccc(cc32)C(=O)NS1(=O)=O. The van der Waals surface area contributed by atoms with E-state index in [1.165, 1.54) is 11.1 Å². The van der Waals surface area contributed by atoms with Crippen LogP contribution in [0.4, 0.5) is 5.69 Å². The van der Waals surface area contributed by atoms with Gasteiger partial charge in [-0.15, -0.1) is 0 Å². The summed E-state index contributed by atoms with van der Waals surface area (Å²) >= 11 is 6.38. The lowest BCUT2D eigenvalue weighted by atomic mass is 9.68. The van der Waals surface area contributed by atoms with Gasteiger partial charge in [-0.3, -0.25) is 4.79 Å². The lowest BCUT2D eigenvalue weighted by Gasteiger charge is -2.45. The first-order valence-electron chi connectivity index (χ1n) is 14.9. The van der Waals surface area contributed by atoms with Crippen molar-refractivity contribution in [3.63, 3.8) is 0 Å². The van der Waals surface area contributed by atoms with Crippen LogP contribution in [0, 0.1) is 11.8 Å². The average Bonchev–Trinajstić information content (AvgIpc) is 3.07. The molecule has 7 nitrogen and oxygen atoms in total. The second kappa shape index (κ2) is 11.3. The Labute approximate surface area is 248 Å². The van der Waals surface area contributed by atoms with E-state index in [0.717, 1.165) is 49.4 Å². The first-order chi connectivity index (χ1) is 19.7. The molecule has 2 aliphatic carbocycles. The molecule has 0 saturated heterocycles. The number of fused-ring (bicyclic) bond motifs is 4. The van der Waals surface area contributed by atoms with Crippen molar-refractivity contribution >= 4 is 33.2 Å². The van der Waals surface area contributed by atoms with Gasteiger partial charge < -0.3 is 14.7 Å². The van der Waals surface area contributed by atoms with E-state index in [4.69, 9.17) is 16.3 Å². The number of nitrogens with one attached hydrogen (secondary N) is 1. The minimum Gasteiger partial charge on any atom is -0.490 e. The lowest BCUT2D eigenvalue weighted by Crippen LogP contribution is -2.49. The van der Waals surface area contributed by atoms with Gasteiger partial charge in [-0.1, -0.05) is 36.7 Å². The average molecular weight is 599 g/mol. The molecule has 0 aromatic heterocycles. The summed E-state index contributed by atoms with van der Waals surface area (Å²) in [4.78, 5) is 15.6. The summed E-state index contributed by atoms with van der Waals surface area (Å²) in [5.74, 6) is 0.492. The van der Waals surface area contributed by atoms with Crippen molar-refractivity contribution in [1.82, 2.24) is 4.72 Å². The molecule has 2 bridgehead atoms. The van der Waals surface area contributed by atoms with Crippen LogP contribution in [0.2, 0.25) is 5.02 Å². The predicted molar refractivity (Wildman–Crippen MR) is 161 cm³/mol. The van der Waals surface area contributed by atoms with Crippen molar-refractivity contribution < 1.29 is 23.1 Å². The van der Waals surface area contributed by atoms with Crippen LogP contribution in [-0.2, 0) is 21.9 Å². The van der Waals surface area contributed by atoms with Crippen molar-refractivity contribution in [2.24, 2.45) is 11.8 Å². The van der Waals surface area contributed by atoms with Gasteiger partial charge in [0.15, 0.2) is 0 Å². The molecule has 0 unspecified atom stereocenters. The number of amides is 1. The highest BCUT2D eigenvalue weighted by molar-refractivity contribution is 7.90. The molecule has 220 valence electrons. The quantitative estimate of drug-likeness (QED) is 0.428. The molecule has 1 spiro atoms. The van der Waals surface area contributed by atoms with Crippen LogP contribution < -0.4 is 14.4 Å². The minimum atomic E-state index is -3.87. The fraction of sp³-hybridized carbons (Fsp3) is 0.531. The molecule has 1 saturated carbocycles. The number of hydrogen-bond acceptors (Lipinski definition) is 6. The van der Waals surface area contributed by atoms with E-state index in [-0.39, 0.29) is 11.3 Å². The third kappa shape index (κ3) is 5.51. The predicted octanol–water partition coefficient (Wildman–Crippen LogP) is 5.39. The molecule has 2 aliphatic heterocycles. The summed E-state index contributed by atoms with van der Waals surface area (Å²) in [6.45, 7) is 3.74. The number of anilines is 1. The number of aliphatic hydroxyl groups excluding tert-OH is 1. The van der Waals surface area contributed by atoms with Crippen LogP contribution in [0.5, 0.6) is 5.75 Å². The highest BCUT2D eigenvalue weighted by atomic mass is 35.5. The van der Waals surface area contributed by atoms with E-state index in [9.17, 15) is 18.3 Å². The second-order valence-corrected chi connectivity index (χ2v) is 14.7. The smallest absolute Gasteiger partial charge is 0.264 e. The first kappa shape index (κ1) is 28.6. The number of ether oxygens (including phenoxy) is 1. The highest BCUT2D eigenvalue weighted by Crippen LogP contribution is 2.46. The number of benzene rings is 2. The molecule has 2 heterocycles. The molecule has 0 radical (unpaired) electrons. The van der Waals surface area contributed by atoms with Crippen LogP contribution >= 0.6 is 11.6 Å². The number of halogens is 1. The number of aryl methyl sites for hydroxylation is 1. The third-order valence-corrected chi connectivity index (χ3v) is 11.9. The molecule has 2 aromatic rings. The van der Waals surface area contributed by atoms with Gasteiger partial charge in [-0.2, -0.15) is 0 Å². The normalized spacial score (nSPS) is 32.0. The molecule has 5 atom stereocenters.